The summed E-state index contributed by atoms with van der Waals surface area (Å²) in [6.45, 7) is 4.64. The Morgan fingerprint density at radius 3 is 1.73 bits per heavy atom. The van der Waals surface area contributed by atoms with Crippen molar-refractivity contribution in [3.05, 3.63) is 0 Å². The first-order valence-electron chi connectivity index (χ1n) is 4.38. The fraction of sp³-hybridized carbons (Fsp3) is 0.778. The van der Waals surface area contributed by atoms with E-state index in [0.717, 1.165) is 6.92 Å². The van der Waals surface area contributed by atoms with Gasteiger partial charge in [-0.3, -0.25) is 9.59 Å². The average Bonchev–Trinajstić information content (AvgIpc) is 2.03. The smallest absolute Gasteiger partial charge is 0.300 e. The Kier molecular flexibility index (Phi) is 19.9. The number of carboxylic acids is 1. The first kappa shape index (κ1) is 19.4. The molecule has 0 aliphatic carbocycles. The van der Waals surface area contributed by atoms with Crippen LogP contribution in [0.4, 0.5) is 0 Å². The summed E-state index contributed by atoms with van der Waals surface area (Å²) in [7, 11) is 0. The highest BCUT2D eigenvalue weighted by Crippen LogP contribution is 2.02. The SMILES string of the molecule is CC(=O)O.CC(O)CC(C)CO.O=CO. The van der Waals surface area contributed by atoms with E-state index in [1.807, 2.05) is 6.92 Å². The second-order valence-electron chi connectivity index (χ2n) is 3.00. The van der Waals surface area contributed by atoms with Crippen LogP contribution in [-0.2, 0) is 9.59 Å². The molecule has 92 valence electrons. The lowest BCUT2D eigenvalue weighted by Crippen LogP contribution is -2.09. The quantitative estimate of drug-likeness (QED) is 0.508. The summed E-state index contributed by atoms with van der Waals surface area (Å²) in [5, 5.41) is 31.5. The van der Waals surface area contributed by atoms with E-state index in [9.17, 15) is 0 Å². The van der Waals surface area contributed by atoms with Crippen LogP contribution in [0.15, 0.2) is 0 Å². The van der Waals surface area contributed by atoms with Crippen LogP contribution in [0.2, 0.25) is 0 Å². The van der Waals surface area contributed by atoms with Gasteiger partial charge in [0.25, 0.3) is 12.4 Å². The highest BCUT2D eigenvalue weighted by molar-refractivity contribution is 5.62. The zero-order chi connectivity index (χ0) is 12.9. The molecule has 0 amide bonds. The topological polar surface area (TPSA) is 115 Å². The summed E-state index contributed by atoms with van der Waals surface area (Å²) in [6.07, 6.45) is 0.411. The maximum Gasteiger partial charge on any atom is 0.300 e. The van der Waals surface area contributed by atoms with Gasteiger partial charge in [0.1, 0.15) is 0 Å². The predicted molar refractivity (Wildman–Crippen MR) is 54.6 cm³/mol. The van der Waals surface area contributed by atoms with Gasteiger partial charge < -0.3 is 20.4 Å². The van der Waals surface area contributed by atoms with Crippen LogP contribution in [-0.4, -0.2) is 45.6 Å². The van der Waals surface area contributed by atoms with Gasteiger partial charge in [0.2, 0.25) is 0 Å². The summed E-state index contributed by atoms with van der Waals surface area (Å²) in [4.78, 5) is 17.4. The molecule has 0 aliphatic rings. The molecule has 0 aliphatic heterocycles. The van der Waals surface area contributed by atoms with Crippen molar-refractivity contribution in [2.24, 2.45) is 5.92 Å². The van der Waals surface area contributed by atoms with E-state index < -0.39 is 5.97 Å². The molecule has 0 saturated heterocycles. The van der Waals surface area contributed by atoms with E-state index in [1.54, 1.807) is 6.92 Å². The molecule has 0 radical (unpaired) electrons. The van der Waals surface area contributed by atoms with Crippen molar-refractivity contribution >= 4 is 12.4 Å². The molecule has 0 heterocycles. The van der Waals surface area contributed by atoms with Crippen LogP contribution in [0.5, 0.6) is 0 Å². The maximum absolute atomic E-state index is 9.00. The number of hydrogen-bond donors (Lipinski definition) is 4. The van der Waals surface area contributed by atoms with E-state index in [1.165, 1.54) is 0 Å². The third-order valence-electron chi connectivity index (χ3n) is 1.06. The van der Waals surface area contributed by atoms with Crippen molar-refractivity contribution < 1.29 is 30.0 Å². The van der Waals surface area contributed by atoms with E-state index in [0.29, 0.717) is 6.42 Å². The van der Waals surface area contributed by atoms with Crippen molar-refractivity contribution in [1.29, 1.82) is 0 Å². The lowest BCUT2D eigenvalue weighted by molar-refractivity contribution is -0.134. The molecule has 0 aromatic rings. The number of carbonyl (C=O) groups is 2. The third-order valence-corrected chi connectivity index (χ3v) is 1.06. The number of aliphatic hydroxyl groups excluding tert-OH is 2. The highest BCUT2D eigenvalue weighted by atomic mass is 16.4. The van der Waals surface area contributed by atoms with Gasteiger partial charge in [-0.15, -0.1) is 0 Å². The summed E-state index contributed by atoms with van der Waals surface area (Å²) in [5.41, 5.74) is 0. The second-order valence-corrected chi connectivity index (χ2v) is 3.00. The van der Waals surface area contributed by atoms with Crippen molar-refractivity contribution in [3.8, 4) is 0 Å². The first-order valence-corrected chi connectivity index (χ1v) is 4.38. The average molecular weight is 224 g/mol. The summed E-state index contributed by atoms with van der Waals surface area (Å²) < 4.78 is 0. The molecule has 6 nitrogen and oxygen atoms in total. The van der Waals surface area contributed by atoms with Crippen LogP contribution in [0.25, 0.3) is 0 Å². The largest absolute Gasteiger partial charge is 0.483 e. The number of rotatable bonds is 3. The van der Waals surface area contributed by atoms with Gasteiger partial charge >= 0.3 is 0 Å². The van der Waals surface area contributed by atoms with Gasteiger partial charge in [-0.1, -0.05) is 6.92 Å². The van der Waals surface area contributed by atoms with Gasteiger partial charge in [-0.2, -0.15) is 0 Å². The molecular weight excluding hydrogens is 204 g/mol. The van der Waals surface area contributed by atoms with Gasteiger partial charge in [-0.05, 0) is 19.3 Å². The second kappa shape index (κ2) is 15.3. The minimum Gasteiger partial charge on any atom is -0.483 e. The first-order chi connectivity index (χ1) is 6.81. The fourth-order valence-corrected chi connectivity index (χ4v) is 0.657. The van der Waals surface area contributed by atoms with Crippen molar-refractivity contribution in [3.63, 3.8) is 0 Å². The Balaban J connectivity index is -0.000000173. The molecule has 0 rings (SSSR count). The molecule has 6 heteroatoms. The molecule has 0 saturated carbocycles. The van der Waals surface area contributed by atoms with Crippen LogP contribution >= 0.6 is 0 Å². The fourth-order valence-electron chi connectivity index (χ4n) is 0.657. The van der Waals surface area contributed by atoms with Crippen LogP contribution in [0.3, 0.4) is 0 Å². The molecule has 0 bridgehead atoms. The van der Waals surface area contributed by atoms with Crippen molar-refractivity contribution in [2.75, 3.05) is 6.61 Å². The molecule has 2 atom stereocenters. The van der Waals surface area contributed by atoms with Crippen molar-refractivity contribution in [1.82, 2.24) is 0 Å². The summed E-state index contributed by atoms with van der Waals surface area (Å²) in [6, 6.07) is 0. The van der Waals surface area contributed by atoms with Crippen molar-refractivity contribution in [2.45, 2.75) is 33.3 Å². The Bertz CT molecular complexity index is 142. The van der Waals surface area contributed by atoms with E-state index in [2.05, 4.69) is 0 Å². The molecule has 2 unspecified atom stereocenters. The van der Waals surface area contributed by atoms with Crippen LogP contribution in [0, 0.1) is 5.92 Å². The van der Waals surface area contributed by atoms with Gasteiger partial charge in [-0.25, -0.2) is 0 Å². The number of carboxylic acid groups (broad SMARTS) is 2. The maximum atomic E-state index is 9.00. The van der Waals surface area contributed by atoms with Gasteiger partial charge in [0, 0.05) is 13.5 Å². The van der Waals surface area contributed by atoms with E-state index >= 15 is 0 Å². The van der Waals surface area contributed by atoms with Gasteiger partial charge in [0.05, 0.1) is 6.10 Å². The number of hydrogen-bond acceptors (Lipinski definition) is 4. The minimum atomic E-state index is -0.833. The standard InChI is InChI=1S/C6H14O2.C2H4O2.CH2O2/c1-5(4-7)3-6(2)8;1-2(3)4;2-1-3/h5-8H,3-4H2,1-2H3;1H3,(H,3,4);1H,(H,2,3). The normalized spacial score (nSPS) is 12.1. The van der Waals surface area contributed by atoms with Gasteiger partial charge in [0.15, 0.2) is 0 Å². The summed E-state index contributed by atoms with van der Waals surface area (Å²) in [5.74, 6) is -0.602. The molecule has 0 aromatic carbocycles. The molecule has 0 aromatic heterocycles. The van der Waals surface area contributed by atoms with Crippen LogP contribution in [0.1, 0.15) is 27.2 Å². The Hall–Kier alpha value is -1.14. The predicted octanol–water partition coefficient (Wildman–Crippen LogP) is 0.177. The summed E-state index contributed by atoms with van der Waals surface area (Å²) >= 11 is 0. The number of aliphatic hydroxyl groups is 2. The lowest BCUT2D eigenvalue weighted by atomic mass is 10.1. The third kappa shape index (κ3) is 64.2. The van der Waals surface area contributed by atoms with E-state index in [4.69, 9.17) is 30.0 Å². The van der Waals surface area contributed by atoms with Crippen LogP contribution < -0.4 is 0 Å². The lowest BCUT2D eigenvalue weighted by Gasteiger charge is -2.08. The zero-order valence-electron chi connectivity index (χ0n) is 9.25. The zero-order valence-corrected chi connectivity index (χ0v) is 9.25. The van der Waals surface area contributed by atoms with E-state index in [-0.39, 0.29) is 25.1 Å². The molecule has 0 fully saturated rings. The molecule has 15 heavy (non-hydrogen) atoms. The molecule has 4 N–H and O–H groups in total. The minimum absolute atomic E-state index is 0.172. The Labute approximate surface area is 89.2 Å². The highest BCUT2D eigenvalue weighted by Gasteiger charge is 2.02. The molecular formula is C9H20O6. The Morgan fingerprint density at radius 2 is 1.67 bits per heavy atom. The Morgan fingerprint density at radius 1 is 1.40 bits per heavy atom. The molecule has 0 spiro atoms. The number of aliphatic carboxylic acids is 1. The monoisotopic (exact) mass is 224 g/mol.